The van der Waals surface area contributed by atoms with Crippen LogP contribution in [0.1, 0.15) is 0 Å². The predicted molar refractivity (Wildman–Crippen MR) is 344 cm³/mol. The molecular formula is C49H93N6Na7O54P6. The third-order valence-corrected chi connectivity index (χ3v) is 18.7. The average Bonchev–Trinajstić information content (AvgIpc) is 0.891. The molecule has 6 saturated heterocycles. The molecule has 0 bridgehead atoms. The Morgan fingerprint density at radius 3 is 0.877 bits per heavy atom. The molecule has 0 aromatic carbocycles. The molecule has 6 rings (SSSR count). The number of hydrogen-bond donors (Lipinski definition) is 28. The van der Waals surface area contributed by atoms with Gasteiger partial charge in [0.15, 0.2) is 56.2 Å². The maximum Gasteiger partial charge on any atom is 1.00 e. The summed E-state index contributed by atoms with van der Waals surface area (Å²) < 4.78 is 125. The zero-order chi connectivity index (χ0) is 89.8. The van der Waals surface area contributed by atoms with E-state index < -0.39 is 285 Å². The van der Waals surface area contributed by atoms with E-state index in [1.807, 2.05) is 0 Å². The van der Waals surface area contributed by atoms with Gasteiger partial charge >= 0.3 is 213 Å². The van der Waals surface area contributed by atoms with Gasteiger partial charge in [0, 0.05) is 51.3 Å². The number of carboxylic acid groups (broad SMARTS) is 1. The largest absolute Gasteiger partial charge is 1.00 e. The number of primary amides is 1. The van der Waals surface area contributed by atoms with Crippen LogP contribution in [-0.2, 0) is 102 Å². The first-order valence-electron chi connectivity index (χ1n) is 32.0. The van der Waals surface area contributed by atoms with Crippen molar-refractivity contribution in [3.63, 3.8) is 0 Å². The molecular weight excluding hydrogens is 1880 g/mol. The van der Waals surface area contributed by atoms with Gasteiger partial charge in [0.05, 0.1) is 39.8 Å². The molecule has 0 aromatic heterocycles. The van der Waals surface area contributed by atoms with E-state index in [1.54, 1.807) is 0 Å². The summed E-state index contributed by atoms with van der Waals surface area (Å²) in [5.41, 5.74) is 23.3. The van der Waals surface area contributed by atoms with E-state index in [1.165, 1.54) is 0 Å². The average molecular weight is 1980 g/mol. The number of phosphoric ester groups is 1. The topological polar surface area (TPSA) is 1070 Å². The molecule has 60 nitrogen and oxygen atoms in total. The van der Waals surface area contributed by atoms with Crippen LogP contribution in [0.15, 0.2) is 5.11 Å². The second-order valence-electron chi connectivity index (χ2n) is 25.1. The molecule has 680 valence electrons. The van der Waals surface area contributed by atoms with Crippen molar-refractivity contribution >= 4 is 64.0 Å². The van der Waals surface area contributed by atoms with Crippen molar-refractivity contribution in [2.45, 2.75) is 221 Å². The van der Waals surface area contributed by atoms with Gasteiger partial charge in [-0.3, -0.25) is 4.79 Å². The molecule has 0 aromatic rings. The second-order valence-corrected chi connectivity index (χ2v) is 34.9. The first-order chi connectivity index (χ1) is 52.3. The molecule has 17 unspecified atom stereocenters. The fourth-order valence-electron chi connectivity index (χ4n) is 9.71. The summed E-state index contributed by atoms with van der Waals surface area (Å²) in [6.07, 6.45) is -63.9. The normalized spacial score (nSPS) is 37.5. The Morgan fingerprint density at radius 2 is 0.639 bits per heavy atom. The second kappa shape index (κ2) is 63.1. The number of aliphatic hydroxyl groups excluding tert-OH is 24. The number of rotatable bonds is 28. The molecule has 6 aliphatic rings. The van der Waals surface area contributed by atoms with Crippen molar-refractivity contribution in [2.24, 2.45) is 22.3 Å². The number of amides is 1. The fraction of sp³-hybridized carbons (Fsp3) is 0.939. The first kappa shape index (κ1) is 139. The summed E-state index contributed by atoms with van der Waals surface area (Å²) in [5.74, 6) is -3.01. The van der Waals surface area contributed by atoms with Gasteiger partial charge in [-0.15, -0.1) is 0 Å². The van der Waals surface area contributed by atoms with Gasteiger partial charge in [0.2, 0.25) is 5.91 Å². The summed E-state index contributed by atoms with van der Waals surface area (Å²) in [6.45, 7) is 2.77. The monoisotopic (exact) mass is 1980 g/mol. The van der Waals surface area contributed by atoms with Gasteiger partial charge in [-0.25, -0.2) is 4.79 Å². The van der Waals surface area contributed by atoms with E-state index in [-0.39, 0.29) is 239 Å². The number of ether oxygens (including phenoxy) is 7. The number of azide groups is 1. The van der Waals surface area contributed by atoms with Crippen molar-refractivity contribution < 1.29 is 471 Å². The van der Waals surface area contributed by atoms with Crippen LogP contribution < -0.4 is 258 Å². The van der Waals surface area contributed by atoms with Crippen LogP contribution in [0.2, 0.25) is 0 Å². The number of carbonyl (C=O) groups is 3. The maximum atomic E-state index is 11.0. The third kappa shape index (κ3) is 47.7. The standard InChI is InChI=1S/C9H20NO10P.C8H16N3O8P.C8H16NO9P.C8H18NO8P.C8H15O10P.C8H15O9P.7Na/c10-1-2-18-3-4(11)8-6(13)5(12)7(14)9(19-8)20-21(15,16)17;1-20(16,17)19-8-6(15)4(13)5(14)7(18-8)3(12)2-10-11-9;1-19(15,16)18-8-4(12)2(10)3(11)6(17-8)5(13)7(9)14;1-18(14,15)17-8-6(13)4(11)5(12)7(16-8)3(10)2-9;1-19(15,16)18-8-4(11)2(9)3(10)6(17-8)5(12)7(13)14;1-18(14,15)17-8-6(13)4(11)5(12)7(16-8)3(10)2-9;;;;;;;/h4-9,11-14H,1-3,10H2,(H2,15,16,17);3-8,12-15H,2H2,1H3,(H,16,17);2-6,8,10-13H,1H3,(H2,9,14)(H,15,16);3-8,10-13H,2,9H2,1H3,(H,14,15);2-6,8-12H,1H3,(H,13,14)(H,15,16);2-8,10-13H,1H3,(H,14,15);;;;;;;/q;;;;;;7*+1/p-7/t4-,5+,6+,7?,8?,9+;3-,4+,5+,6?,7?,8+;2-,3-,4?,5-,6?,8-;3-,4+,5+,6?,7?,8+;2-,3-,4?,5-,6?,8-;3-,4+,5+,6?,7?,8+;;;;;;;/m110101......./s1. The van der Waals surface area contributed by atoms with Crippen LogP contribution in [0, 0.1) is 0 Å². The summed E-state index contributed by atoms with van der Waals surface area (Å²) >= 11 is 0. The van der Waals surface area contributed by atoms with Gasteiger partial charge in [-0.05, 0) is 5.53 Å². The number of aldehydes is 1. The van der Waals surface area contributed by atoms with E-state index >= 15 is 0 Å². The SMILES string of the molecule is CP(=O)([O-])O[C@@H]1OC([C@H](O)C(=O)O)[C@@H](O)[C@H](O)C1O.CP(=O)([O-])O[C@@H]1OC([C@H](O)C(N)=O)[C@@H](O)[C@H](O)C1O.CP(=O)([O-])O[C@@H]1OC([C@H](O)C=O)[C@@H](O)[C@H](O)C1O.CP(=O)([O-])O[C@@H]1OC([C@H](O)CN)[C@@H](O)[C@H](O)C1O.CP(=O)([O-])O[C@@H]1OC([C@H](O)CN=[N+]=[N-])[C@@H](O)[C@H](O)C1O.NCCOC[C@@H](O)C1O[C@@H](OP(=O)([O-])[O-])C(O)[C@@H](O)[C@@H]1O.[Na+].[Na+].[Na+].[Na+].[Na+].[Na+].[Na+]. The van der Waals surface area contributed by atoms with Crippen LogP contribution in [0.5, 0.6) is 0 Å². The summed E-state index contributed by atoms with van der Waals surface area (Å²) in [5, 5.41) is 240. The molecule has 122 heavy (non-hydrogen) atoms. The predicted octanol–water partition coefficient (Wildman–Crippen LogP) is -43.2. The summed E-state index contributed by atoms with van der Waals surface area (Å²) in [7, 11) is -27.0. The van der Waals surface area contributed by atoms with Gasteiger partial charge in [0.1, 0.15) is 197 Å². The smallest absolute Gasteiger partial charge is 0.790 e. The van der Waals surface area contributed by atoms with Crippen LogP contribution in [0.4, 0.5) is 0 Å². The number of phosphoric acid groups is 1. The first-order valence-corrected chi connectivity index (χ1v) is 43.5. The molecule has 0 aliphatic carbocycles. The maximum absolute atomic E-state index is 11.0. The van der Waals surface area contributed by atoms with E-state index in [2.05, 4.69) is 37.2 Å². The van der Waals surface area contributed by atoms with Crippen LogP contribution >= 0.6 is 45.8 Å². The Kier molecular flexibility index (Phi) is 72.2. The van der Waals surface area contributed by atoms with Crippen LogP contribution in [-0.4, -0.2) is 433 Å². The van der Waals surface area contributed by atoms with Gasteiger partial charge in [0.25, 0.3) is 0 Å². The Balaban J connectivity index is -0.000000257. The minimum absolute atomic E-state index is 0. The van der Waals surface area contributed by atoms with Crippen molar-refractivity contribution in [3.05, 3.63) is 10.4 Å². The minimum atomic E-state index is -5.51. The van der Waals surface area contributed by atoms with Crippen molar-refractivity contribution in [1.82, 2.24) is 0 Å². The molecule has 41 atom stereocenters. The minimum Gasteiger partial charge on any atom is -0.790 e. The molecule has 31 N–H and O–H groups in total. The van der Waals surface area contributed by atoms with Crippen molar-refractivity contribution in [1.29, 1.82) is 0 Å². The quantitative estimate of drug-likeness (QED) is 0.00658. The Hall–Kier alpha value is 4.46. The van der Waals surface area contributed by atoms with E-state index in [9.17, 15) is 199 Å². The Labute approximate surface area is 845 Å². The molecule has 6 aliphatic heterocycles. The molecule has 0 saturated carbocycles. The van der Waals surface area contributed by atoms with E-state index in [4.69, 9.17) is 61.0 Å². The number of hydrogen-bond acceptors (Lipinski definition) is 56. The van der Waals surface area contributed by atoms with E-state index in [0.717, 1.165) is 13.3 Å². The van der Waals surface area contributed by atoms with Gasteiger partial charge < -0.3 is 272 Å². The van der Waals surface area contributed by atoms with E-state index in [0.29, 0.717) is 20.0 Å². The number of nitrogens with zero attached hydrogens (tertiary/aromatic N) is 3. The Morgan fingerprint density at radius 1 is 0.402 bits per heavy atom. The number of aliphatic hydroxyl groups is 24. The molecule has 6 fully saturated rings. The van der Waals surface area contributed by atoms with Crippen molar-refractivity contribution in [3.8, 4) is 0 Å². The summed E-state index contributed by atoms with van der Waals surface area (Å²) in [4.78, 5) is 110. The van der Waals surface area contributed by atoms with Crippen LogP contribution in [0.3, 0.4) is 0 Å². The molecule has 6 heterocycles. The van der Waals surface area contributed by atoms with Crippen molar-refractivity contribution in [2.75, 3.05) is 66.2 Å². The van der Waals surface area contributed by atoms with Gasteiger partial charge in [-0.2, -0.15) is 0 Å². The van der Waals surface area contributed by atoms with Gasteiger partial charge in [-0.1, -0.05) is 5.11 Å². The Bertz CT molecular complexity index is 3270. The number of aliphatic carboxylic acids is 1. The van der Waals surface area contributed by atoms with Crippen LogP contribution in [0.25, 0.3) is 10.4 Å². The number of carbonyl (C=O) groups excluding carboxylic acids is 2. The zero-order valence-electron chi connectivity index (χ0n) is 66.7. The number of carboxylic acids is 1. The molecule has 73 heteroatoms. The molecule has 0 radical (unpaired) electrons. The zero-order valence-corrected chi connectivity index (χ0v) is 86.0. The third-order valence-electron chi connectivity index (χ3n) is 15.3. The fourth-order valence-corrected chi connectivity index (χ4v) is 12.9. The molecule has 1 amide bonds. The summed E-state index contributed by atoms with van der Waals surface area (Å²) in [6, 6.07) is 0. The molecule has 0 spiro atoms. The number of nitrogens with two attached hydrogens (primary N) is 3.